The minimum Gasteiger partial charge on any atom is -0.497 e. The summed E-state index contributed by atoms with van der Waals surface area (Å²) >= 11 is 0. The Kier molecular flexibility index (Phi) is 4.77. The van der Waals surface area contributed by atoms with Crippen LogP contribution in [0, 0.1) is 0 Å². The van der Waals surface area contributed by atoms with E-state index in [0.717, 1.165) is 29.2 Å². The fourth-order valence-electron chi connectivity index (χ4n) is 1.93. The van der Waals surface area contributed by atoms with Crippen LogP contribution in [-0.4, -0.2) is 14.2 Å². The van der Waals surface area contributed by atoms with Crippen LogP contribution < -0.4 is 14.0 Å². The van der Waals surface area contributed by atoms with Crippen molar-refractivity contribution in [1.29, 1.82) is 0 Å². The SMILES string of the molecule is CC[n+]1ccc(C=Cc2ccc(OC)cc2OC)cc1. The number of rotatable bonds is 5. The highest BCUT2D eigenvalue weighted by atomic mass is 16.5. The van der Waals surface area contributed by atoms with Crippen LogP contribution in [0.15, 0.2) is 42.7 Å². The zero-order valence-electron chi connectivity index (χ0n) is 12.2. The summed E-state index contributed by atoms with van der Waals surface area (Å²) in [4.78, 5) is 0. The Labute approximate surface area is 120 Å². The fraction of sp³-hybridized carbons (Fsp3) is 0.235. The van der Waals surface area contributed by atoms with Crippen molar-refractivity contribution < 1.29 is 14.0 Å². The first-order valence-corrected chi connectivity index (χ1v) is 6.66. The predicted octanol–water partition coefficient (Wildman–Crippen LogP) is 3.18. The summed E-state index contributed by atoms with van der Waals surface area (Å²) in [6.45, 7) is 3.11. The highest BCUT2D eigenvalue weighted by Gasteiger charge is 2.02. The molecule has 0 aliphatic heterocycles. The van der Waals surface area contributed by atoms with Crippen molar-refractivity contribution in [3.8, 4) is 11.5 Å². The Morgan fingerprint density at radius 2 is 1.75 bits per heavy atom. The van der Waals surface area contributed by atoms with Gasteiger partial charge in [0.2, 0.25) is 0 Å². The molecule has 104 valence electrons. The Bertz CT molecular complexity index is 588. The minimum absolute atomic E-state index is 0.794. The van der Waals surface area contributed by atoms with Crippen molar-refractivity contribution in [2.24, 2.45) is 0 Å². The van der Waals surface area contributed by atoms with Gasteiger partial charge in [-0.1, -0.05) is 12.2 Å². The van der Waals surface area contributed by atoms with E-state index in [1.54, 1.807) is 14.2 Å². The maximum absolute atomic E-state index is 5.38. The van der Waals surface area contributed by atoms with Gasteiger partial charge in [-0.3, -0.25) is 0 Å². The lowest BCUT2D eigenvalue weighted by Crippen LogP contribution is -2.30. The molecule has 1 heterocycles. The van der Waals surface area contributed by atoms with Gasteiger partial charge in [0.25, 0.3) is 0 Å². The molecule has 1 aromatic heterocycles. The third kappa shape index (κ3) is 3.38. The molecule has 0 N–H and O–H groups in total. The number of methoxy groups -OCH3 is 2. The molecule has 2 aromatic rings. The first kappa shape index (κ1) is 14.1. The lowest BCUT2D eigenvalue weighted by Gasteiger charge is -2.07. The molecule has 0 aliphatic carbocycles. The molecule has 3 heteroatoms. The molecule has 20 heavy (non-hydrogen) atoms. The number of aryl methyl sites for hydroxylation is 1. The number of ether oxygens (including phenoxy) is 2. The van der Waals surface area contributed by atoms with Crippen molar-refractivity contribution in [2.75, 3.05) is 14.2 Å². The lowest BCUT2D eigenvalue weighted by atomic mass is 10.1. The van der Waals surface area contributed by atoms with Crippen LogP contribution >= 0.6 is 0 Å². The van der Waals surface area contributed by atoms with E-state index in [4.69, 9.17) is 9.47 Å². The number of hydrogen-bond donors (Lipinski definition) is 0. The third-order valence-electron chi connectivity index (χ3n) is 3.18. The molecule has 0 saturated heterocycles. The van der Waals surface area contributed by atoms with Crippen molar-refractivity contribution in [1.82, 2.24) is 0 Å². The van der Waals surface area contributed by atoms with Crippen LogP contribution in [0.2, 0.25) is 0 Å². The number of pyridine rings is 1. The molecule has 0 amide bonds. The first-order chi connectivity index (χ1) is 9.76. The van der Waals surface area contributed by atoms with Gasteiger partial charge in [-0.05, 0) is 24.6 Å². The van der Waals surface area contributed by atoms with Gasteiger partial charge in [0.1, 0.15) is 18.0 Å². The second-order valence-electron chi connectivity index (χ2n) is 4.40. The van der Waals surface area contributed by atoms with Gasteiger partial charge >= 0.3 is 0 Å². The zero-order chi connectivity index (χ0) is 14.4. The molecule has 0 atom stereocenters. The molecule has 0 saturated carbocycles. The third-order valence-corrected chi connectivity index (χ3v) is 3.18. The van der Waals surface area contributed by atoms with Crippen LogP contribution in [-0.2, 0) is 6.54 Å². The quantitative estimate of drug-likeness (QED) is 0.779. The van der Waals surface area contributed by atoms with Crippen molar-refractivity contribution in [3.63, 3.8) is 0 Å². The second-order valence-corrected chi connectivity index (χ2v) is 4.40. The van der Waals surface area contributed by atoms with Gasteiger partial charge in [-0.25, -0.2) is 4.57 Å². The Morgan fingerprint density at radius 3 is 2.35 bits per heavy atom. The highest BCUT2D eigenvalue weighted by Crippen LogP contribution is 2.26. The summed E-state index contributed by atoms with van der Waals surface area (Å²) in [5, 5.41) is 0. The predicted molar refractivity (Wildman–Crippen MR) is 80.8 cm³/mol. The van der Waals surface area contributed by atoms with Gasteiger partial charge in [0.15, 0.2) is 12.4 Å². The molecule has 0 unspecified atom stereocenters. The van der Waals surface area contributed by atoms with Gasteiger partial charge in [0.05, 0.1) is 14.2 Å². The molecule has 3 nitrogen and oxygen atoms in total. The topological polar surface area (TPSA) is 22.3 Å². The molecular weight excluding hydrogens is 250 g/mol. The largest absolute Gasteiger partial charge is 0.497 e. The summed E-state index contributed by atoms with van der Waals surface area (Å²) in [7, 11) is 3.32. The summed E-state index contributed by atoms with van der Waals surface area (Å²) in [5.74, 6) is 1.60. The van der Waals surface area contributed by atoms with E-state index in [9.17, 15) is 0 Å². The summed E-state index contributed by atoms with van der Waals surface area (Å²) in [5.41, 5.74) is 2.19. The average Bonchev–Trinajstić information content (AvgIpc) is 2.53. The van der Waals surface area contributed by atoms with E-state index in [0.29, 0.717) is 0 Å². The number of hydrogen-bond acceptors (Lipinski definition) is 2. The van der Waals surface area contributed by atoms with Gasteiger partial charge < -0.3 is 9.47 Å². The Balaban J connectivity index is 2.21. The smallest absolute Gasteiger partial charge is 0.169 e. The van der Waals surface area contributed by atoms with Crippen molar-refractivity contribution >= 4 is 12.2 Å². The highest BCUT2D eigenvalue weighted by molar-refractivity contribution is 5.72. The average molecular weight is 270 g/mol. The molecule has 1 aromatic carbocycles. The first-order valence-electron chi connectivity index (χ1n) is 6.66. The maximum atomic E-state index is 5.38. The standard InChI is InChI=1S/C17H20NO2/c1-4-18-11-9-14(10-12-18)5-6-15-7-8-16(19-2)13-17(15)20-3/h5-13H,4H2,1-3H3/q+1. The normalized spacial score (nSPS) is 10.8. The fourth-order valence-corrected chi connectivity index (χ4v) is 1.93. The van der Waals surface area contributed by atoms with Gasteiger partial charge in [-0.15, -0.1) is 0 Å². The second kappa shape index (κ2) is 6.75. The maximum Gasteiger partial charge on any atom is 0.169 e. The van der Waals surface area contributed by atoms with Crippen LogP contribution in [0.4, 0.5) is 0 Å². The molecule has 0 aliphatic rings. The van der Waals surface area contributed by atoms with Crippen LogP contribution in [0.5, 0.6) is 11.5 Å². The Morgan fingerprint density at radius 1 is 1.00 bits per heavy atom. The summed E-state index contributed by atoms with van der Waals surface area (Å²) in [6.07, 6.45) is 8.27. The molecule has 0 spiro atoms. The van der Waals surface area contributed by atoms with Crippen LogP contribution in [0.25, 0.3) is 12.2 Å². The molecule has 0 fully saturated rings. The molecule has 0 radical (unpaired) electrons. The molecular formula is C17H20NO2+. The van der Waals surface area contributed by atoms with E-state index in [1.165, 1.54) is 0 Å². The molecule has 2 rings (SSSR count). The number of benzene rings is 1. The van der Waals surface area contributed by atoms with Crippen molar-refractivity contribution in [2.45, 2.75) is 13.5 Å². The van der Waals surface area contributed by atoms with E-state index in [2.05, 4.69) is 42.1 Å². The number of nitrogens with zero attached hydrogens (tertiary/aromatic N) is 1. The lowest BCUT2D eigenvalue weighted by molar-refractivity contribution is -0.693. The molecule has 0 bridgehead atoms. The van der Waals surface area contributed by atoms with E-state index in [1.807, 2.05) is 24.3 Å². The minimum atomic E-state index is 0.794. The van der Waals surface area contributed by atoms with Gasteiger partial charge in [-0.2, -0.15) is 0 Å². The van der Waals surface area contributed by atoms with Crippen LogP contribution in [0.3, 0.4) is 0 Å². The zero-order valence-corrected chi connectivity index (χ0v) is 12.2. The number of aromatic nitrogens is 1. The van der Waals surface area contributed by atoms with Gasteiger partial charge in [0, 0.05) is 23.8 Å². The van der Waals surface area contributed by atoms with E-state index < -0.39 is 0 Å². The summed E-state index contributed by atoms with van der Waals surface area (Å²) in [6, 6.07) is 9.99. The Hall–Kier alpha value is -2.29. The van der Waals surface area contributed by atoms with Crippen LogP contribution in [0.1, 0.15) is 18.1 Å². The monoisotopic (exact) mass is 270 g/mol. The van der Waals surface area contributed by atoms with Crippen molar-refractivity contribution in [3.05, 3.63) is 53.9 Å². The van der Waals surface area contributed by atoms with E-state index in [-0.39, 0.29) is 0 Å². The van der Waals surface area contributed by atoms with E-state index >= 15 is 0 Å². The summed E-state index contributed by atoms with van der Waals surface area (Å²) < 4.78 is 12.7.